The number of nitrogens with zero attached hydrogens (tertiary/aromatic N) is 2. The van der Waals surface area contributed by atoms with Crippen molar-refractivity contribution >= 4 is 11.6 Å². The molecule has 2 aliphatic rings. The maximum Gasteiger partial charge on any atom is 0.274 e. The van der Waals surface area contributed by atoms with E-state index in [0.29, 0.717) is 37.8 Å². The molecule has 5 nitrogen and oxygen atoms in total. The van der Waals surface area contributed by atoms with Crippen molar-refractivity contribution in [3.05, 3.63) is 100.0 Å². The number of hydrogen-bond donors (Lipinski definition) is 1. The van der Waals surface area contributed by atoms with E-state index >= 15 is 0 Å². The summed E-state index contributed by atoms with van der Waals surface area (Å²) in [4.78, 5) is 28.0. The Kier molecular flexibility index (Phi) is 4.87. The van der Waals surface area contributed by atoms with Gasteiger partial charge in [0.2, 0.25) is 0 Å². The van der Waals surface area contributed by atoms with Gasteiger partial charge in [-0.15, -0.1) is 0 Å². The number of carbonyl (C=O) groups excluding carboxylic acids is 1. The fraction of sp³-hybridized carbons (Fsp3) is 0.280. The van der Waals surface area contributed by atoms with Gasteiger partial charge in [-0.3, -0.25) is 9.59 Å². The molecule has 0 spiro atoms. The summed E-state index contributed by atoms with van der Waals surface area (Å²) in [7, 11) is 0. The summed E-state index contributed by atoms with van der Waals surface area (Å²) in [5, 5.41) is 3.30. The molecular weight excluding hydrogens is 374 g/mol. The first kappa shape index (κ1) is 18.7. The molecule has 1 aromatic heterocycles. The van der Waals surface area contributed by atoms with Gasteiger partial charge < -0.3 is 14.8 Å². The predicted octanol–water partition coefficient (Wildman–Crippen LogP) is 3.72. The van der Waals surface area contributed by atoms with Crippen LogP contribution in [0.1, 0.15) is 34.0 Å². The number of carbonyl (C=O) groups is 1. The average Bonchev–Trinajstić information content (AvgIpc) is 2.80. The molecular formula is C25H25N3O2. The Hall–Kier alpha value is -3.34. The Morgan fingerprint density at radius 1 is 0.900 bits per heavy atom. The summed E-state index contributed by atoms with van der Waals surface area (Å²) < 4.78 is 1.93. The molecule has 5 heteroatoms. The summed E-state index contributed by atoms with van der Waals surface area (Å²) in [6.45, 7) is 2.67. The van der Waals surface area contributed by atoms with Gasteiger partial charge in [-0.1, -0.05) is 48.5 Å². The van der Waals surface area contributed by atoms with Gasteiger partial charge >= 0.3 is 0 Å². The Bertz CT molecular complexity index is 1110. The highest BCUT2D eigenvalue weighted by atomic mass is 16.2. The molecule has 5 rings (SSSR count). The third kappa shape index (κ3) is 3.52. The van der Waals surface area contributed by atoms with E-state index in [0.717, 1.165) is 23.2 Å². The van der Waals surface area contributed by atoms with Crippen LogP contribution in [-0.4, -0.2) is 28.5 Å². The molecule has 1 saturated heterocycles. The van der Waals surface area contributed by atoms with Gasteiger partial charge in [0.1, 0.15) is 5.69 Å². The Labute approximate surface area is 176 Å². The molecule has 2 aromatic carbocycles. The smallest absolute Gasteiger partial charge is 0.274 e. The minimum Gasteiger partial charge on any atom is -0.377 e. The maximum atomic E-state index is 13.1. The number of piperidine rings is 1. The number of amides is 1. The lowest BCUT2D eigenvalue weighted by Crippen LogP contribution is -2.49. The largest absolute Gasteiger partial charge is 0.377 e. The highest BCUT2D eigenvalue weighted by Crippen LogP contribution is 2.36. The maximum absolute atomic E-state index is 13.1. The van der Waals surface area contributed by atoms with Crippen LogP contribution in [0.25, 0.3) is 0 Å². The molecule has 0 saturated carbocycles. The van der Waals surface area contributed by atoms with Crippen LogP contribution in [0.15, 0.2) is 77.6 Å². The summed E-state index contributed by atoms with van der Waals surface area (Å²) >= 11 is 0. The van der Waals surface area contributed by atoms with Gasteiger partial charge in [0.25, 0.3) is 11.5 Å². The first-order valence-electron chi connectivity index (χ1n) is 10.5. The molecule has 3 aromatic rings. The molecule has 3 heterocycles. The zero-order valence-corrected chi connectivity index (χ0v) is 16.8. The van der Waals surface area contributed by atoms with Crippen LogP contribution in [0.5, 0.6) is 0 Å². The lowest BCUT2D eigenvalue weighted by molar-refractivity contribution is 0.0594. The predicted molar refractivity (Wildman–Crippen MR) is 118 cm³/mol. The number of fused-ring (bicyclic) bond motifs is 4. The number of hydrogen-bond acceptors (Lipinski definition) is 3. The van der Waals surface area contributed by atoms with Gasteiger partial charge in [0.15, 0.2) is 0 Å². The van der Waals surface area contributed by atoms with Crippen LogP contribution in [0.4, 0.5) is 5.69 Å². The van der Waals surface area contributed by atoms with Crippen LogP contribution in [-0.2, 0) is 13.1 Å². The Morgan fingerprint density at radius 3 is 2.40 bits per heavy atom. The van der Waals surface area contributed by atoms with E-state index in [1.165, 1.54) is 0 Å². The van der Waals surface area contributed by atoms with Gasteiger partial charge in [-0.25, -0.2) is 0 Å². The molecule has 0 aliphatic carbocycles. The number of pyridine rings is 1. The Balaban J connectivity index is 1.36. The van der Waals surface area contributed by atoms with Gasteiger partial charge in [0.05, 0.1) is 0 Å². The lowest BCUT2D eigenvalue weighted by Gasteiger charge is -2.43. The van der Waals surface area contributed by atoms with Gasteiger partial charge in [0, 0.05) is 43.4 Å². The highest BCUT2D eigenvalue weighted by Gasteiger charge is 2.36. The minimum atomic E-state index is 0.0426. The van der Waals surface area contributed by atoms with E-state index in [4.69, 9.17) is 0 Å². The standard InChI is InChI=1S/C25H25N3O2/c29-24(20-9-5-2-6-10-20)27-15-19-13-21(17-27)23-12-11-22(25(30)28(23)16-19)26-14-18-7-3-1-4-8-18/h1-12,19,21,26H,13-17H2/t19-,21+/m0/s1. The Morgan fingerprint density at radius 2 is 1.63 bits per heavy atom. The minimum absolute atomic E-state index is 0.0426. The van der Waals surface area contributed by atoms with Crippen LogP contribution < -0.4 is 10.9 Å². The zero-order valence-electron chi connectivity index (χ0n) is 16.8. The second kappa shape index (κ2) is 7.82. The summed E-state index contributed by atoms with van der Waals surface area (Å²) in [5.74, 6) is 0.606. The molecule has 152 valence electrons. The molecule has 30 heavy (non-hydrogen) atoms. The number of nitrogens with one attached hydrogen (secondary N) is 1. The van der Waals surface area contributed by atoms with Crippen LogP contribution in [0.3, 0.4) is 0 Å². The van der Waals surface area contributed by atoms with Crippen molar-refractivity contribution in [2.75, 3.05) is 18.4 Å². The third-order valence-electron chi connectivity index (χ3n) is 6.24. The quantitative estimate of drug-likeness (QED) is 0.728. The van der Waals surface area contributed by atoms with E-state index in [2.05, 4.69) is 11.4 Å². The van der Waals surface area contributed by atoms with Crippen molar-refractivity contribution in [2.45, 2.75) is 25.4 Å². The molecule has 1 fully saturated rings. The van der Waals surface area contributed by atoms with Crippen LogP contribution in [0.2, 0.25) is 0 Å². The van der Waals surface area contributed by atoms with E-state index < -0.39 is 0 Å². The summed E-state index contributed by atoms with van der Waals surface area (Å²) in [6.07, 6.45) is 1.04. The van der Waals surface area contributed by atoms with Crippen molar-refractivity contribution in [1.29, 1.82) is 0 Å². The molecule has 2 atom stereocenters. The van der Waals surface area contributed by atoms with Gasteiger partial charge in [-0.2, -0.15) is 0 Å². The first-order chi connectivity index (χ1) is 14.7. The summed E-state index contributed by atoms with van der Waals surface area (Å²) in [6, 6.07) is 23.5. The molecule has 0 unspecified atom stereocenters. The van der Waals surface area contributed by atoms with E-state index in [1.54, 1.807) is 0 Å². The van der Waals surface area contributed by atoms with Crippen molar-refractivity contribution in [1.82, 2.24) is 9.47 Å². The van der Waals surface area contributed by atoms with Crippen LogP contribution >= 0.6 is 0 Å². The first-order valence-corrected chi connectivity index (χ1v) is 10.5. The number of likely N-dealkylation sites (tertiary alicyclic amines) is 1. The molecule has 1 N–H and O–H groups in total. The number of aromatic nitrogens is 1. The molecule has 1 amide bonds. The zero-order chi connectivity index (χ0) is 20.5. The van der Waals surface area contributed by atoms with Crippen molar-refractivity contribution in [3.63, 3.8) is 0 Å². The third-order valence-corrected chi connectivity index (χ3v) is 6.24. The second-order valence-electron chi connectivity index (χ2n) is 8.30. The van der Waals surface area contributed by atoms with E-state index in [-0.39, 0.29) is 17.4 Å². The van der Waals surface area contributed by atoms with Gasteiger partial charge in [-0.05, 0) is 42.2 Å². The fourth-order valence-electron chi connectivity index (χ4n) is 4.80. The molecule has 2 bridgehead atoms. The number of anilines is 1. The number of rotatable bonds is 4. The molecule has 2 aliphatic heterocycles. The molecule has 0 radical (unpaired) electrons. The van der Waals surface area contributed by atoms with Crippen LogP contribution in [0, 0.1) is 5.92 Å². The summed E-state index contributed by atoms with van der Waals surface area (Å²) in [5.41, 5.74) is 3.61. The van der Waals surface area contributed by atoms with Crippen molar-refractivity contribution in [3.8, 4) is 0 Å². The van der Waals surface area contributed by atoms with E-state index in [9.17, 15) is 9.59 Å². The normalized spacial score (nSPS) is 19.8. The van der Waals surface area contributed by atoms with Crippen molar-refractivity contribution < 1.29 is 4.79 Å². The topological polar surface area (TPSA) is 54.3 Å². The fourth-order valence-corrected chi connectivity index (χ4v) is 4.80. The lowest BCUT2D eigenvalue weighted by atomic mass is 9.83. The van der Waals surface area contributed by atoms with Crippen molar-refractivity contribution in [2.24, 2.45) is 5.92 Å². The average molecular weight is 399 g/mol. The monoisotopic (exact) mass is 399 g/mol. The van der Waals surface area contributed by atoms with E-state index in [1.807, 2.05) is 76.2 Å². The SMILES string of the molecule is O=C(c1ccccc1)N1C[C@@H]2C[C@H](C1)c1ccc(NCc3ccccc3)c(=O)n1C2. The highest BCUT2D eigenvalue weighted by molar-refractivity contribution is 5.94. The second-order valence-corrected chi connectivity index (χ2v) is 8.30. The number of benzene rings is 2.